The fourth-order valence-corrected chi connectivity index (χ4v) is 2.01. The summed E-state index contributed by atoms with van der Waals surface area (Å²) in [5, 5.41) is 9.08. The lowest BCUT2D eigenvalue weighted by Crippen LogP contribution is -2.52. The second-order valence-corrected chi connectivity index (χ2v) is 4.70. The maximum absolute atomic E-state index is 12.1. The fraction of sp³-hybridized carbons (Fsp3) is 0.333. The summed E-state index contributed by atoms with van der Waals surface area (Å²) in [4.78, 5) is 24.5. The molecular formula is C15H17NO4. The molecule has 106 valence electrons. The van der Waals surface area contributed by atoms with Crippen LogP contribution in [0.15, 0.2) is 30.3 Å². The van der Waals surface area contributed by atoms with Gasteiger partial charge in [-0.3, -0.25) is 4.79 Å². The van der Waals surface area contributed by atoms with E-state index in [0.717, 1.165) is 11.1 Å². The molecule has 1 atom stereocenters. The van der Waals surface area contributed by atoms with Gasteiger partial charge in [0.15, 0.2) is 6.04 Å². The number of nitrogens with zero attached hydrogens (tertiary/aromatic N) is 1. The molecule has 20 heavy (non-hydrogen) atoms. The molecule has 0 spiro atoms. The number of hydrogen-bond donors (Lipinski definition) is 1. The SMILES string of the molecule is Cc1ccc(/C=C/C(=O)N2CCOCC2C(=O)O)cc1. The summed E-state index contributed by atoms with van der Waals surface area (Å²) < 4.78 is 5.10. The van der Waals surface area contributed by atoms with Crippen LogP contribution < -0.4 is 0 Å². The molecule has 0 saturated carbocycles. The number of carbonyl (C=O) groups is 2. The van der Waals surface area contributed by atoms with Crippen molar-refractivity contribution in [2.45, 2.75) is 13.0 Å². The topological polar surface area (TPSA) is 66.8 Å². The predicted molar refractivity (Wildman–Crippen MR) is 74.2 cm³/mol. The van der Waals surface area contributed by atoms with Crippen molar-refractivity contribution in [3.05, 3.63) is 41.5 Å². The quantitative estimate of drug-likeness (QED) is 0.845. The van der Waals surface area contributed by atoms with E-state index < -0.39 is 12.0 Å². The molecule has 0 aliphatic carbocycles. The summed E-state index contributed by atoms with van der Waals surface area (Å²) in [6, 6.07) is 6.83. The molecule has 1 heterocycles. The molecule has 0 radical (unpaired) electrons. The Labute approximate surface area is 117 Å². The smallest absolute Gasteiger partial charge is 0.328 e. The summed E-state index contributed by atoms with van der Waals surface area (Å²) in [5.41, 5.74) is 2.05. The first-order chi connectivity index (χ1) is 9.58. The summed E-state index contributed by atoms with van der Waals surface area (Å²) in [6.45, 7) is 2.70. The highest BCUT2D eigenvalue weighted by Crippen LogP contribution is 2.10. The first-order valence-corrected chi connectivity index (χ1v) is 6.44. The van der Waals surface area contributed by atoms with Crippen LogP contribution >= 0.6 is 0 Å². The number of carbonyl (C=O) groups excluding carboxylic acids is 1. The Balaban J connectivity index is 2.06. The van der Waals surface area contributed by atoms with E-state index in [1.165, 1.54) is 11.0 Å². The van der Waals surface area contributed by atoms with Gasteiger partial charge in [0.1, 0.15) is 0 Å². The Morgan fingerprint density at radius 3 is 2.70 bits per heavy atom. The molecule has 1 aromatic carbocycles. The van der Waals surface area contributed by atoms with Gasteiger partial charge < -0.3 is 14.7 Å². The van der Waals surface area contributed by atoms with Crippen LogP contribution in [0.5, 0.6) is 0 Å². The Morgan fingerprint density at radius 1 is 1.35 bits per heavy atom. The summed E-state index contributed by atoms with van der Waals surface area (Å²) in [6.07, 6.45) is 3.10. The number of amides is 1. The van der Waals surface area contributed by atoms with E-state index in [1.54, 1.807) is 6.08 Å². The van der Waals surface area contributed by atoms with Crippen molar-refractivity contribution in [3.63, 3.8) is 0 Å². The molecule has 5 nitrogen and oxygen atoms in total. The van der Waals surface area contributed by atoms with Gasteiger partial charge in [-0.05, 0) is 18.6 Å². The van der Waals surface area contributed by atoms with E-state index in [4.69, 9.17) is 9.84 Å². The van der Waals surface area contributed by atoms with Gasteiger partial charge in [-0.15, -0.1) is 0 Å². The maximum Gasteiger partial charge on any atom is 0.328 e. The third-order valence-electron chi connectivity index (χ3n) is 3.19. The van der Waals surface area contributed by atoms with E-state index >= 15 is 0 Å². The van der Waals surface area contributed by atoms with Crippen LogP contribution in [0.1, 0.15) is 11.1 Å². The molecule has 1 N–H and O–H groups in total. The number of ether oxygens (including phenoxy) is 1. The van der Waals surface area contributed by atoms with Gasteiger partial charge in [0.05, 0.1) is 13.2 Å². The predicted octanol–water partition coefficient (Wildman–Crippen LogP) is 1.32. The molecule has 1 aromatic rings. The Hall–Kier alpha value is -2.14. The van der Waals surface area contributed by atoms with Gasteiger partial charge in [-0.25, -0.2) is 4.79 Å². The van der Waals surface area contributed by atoms with Gasteiger partial charge >= 0.3 is 5.97 Å². The number of aliphatic carboxylic acids is 1. The number of carboxylic acid groups (broad SMARTS) is 1. The molecule has 1 fully saturated rings. The molecule has 5 heteroatoms. The Bertz CT molecular complexity index is 521. The average molecular weight is 275 g/mol. The van der Waals surface area contributed by atoms with E-state index in [9.17, 15) is 9.59 Å². The molecule has 1 aliphatic heterocycles. The van der Waals surface area contributed by atoms with Gasteiger partial charge in [0.2, 0.25) is 5.91 Å². The fourth-order valence-electron chi connectivity index (χ4n) is 2.01. The Kier molecular flexibility index (Phi) is 4.53. The Morgan fingerprint density at radius 2 is 2.05 bits per heavy atom. The molecule has 1 unspecified atom stereocenters. The summed E-state index contributed by atoms with van der Waals surface area (Å²) in [5.74, 6) is -1.34. The zero-order valence-electron chi connectivity index (χ0n) is 11.3. The second kappa shape index (κ2) is 6.34. The van der Waals surface area contributed by atoms with Crippen molar-refractivity contribution in [2.24, 2.45) is 0 Å². The van der Waals surface area contributed by atoms with Crippen LogP contribution in [0.2, 0.25) is 0 Å². The molecule has 1 saturated heterocycles. The van der Waals surface area contributed by atoms with E-state index in [-0.39, 0.29) is 12.5 Å². The first kappa shape index (κ1) is 14.3. The van der Waals surface area contributed by atoms with Crippen LogP contribution in [0.3, 0.4) is 0 Å². The largest absolute Gasteiger partial charge is 0.480 e. The second-order valence-electron chi connectivity index (χ2n) is 4.70. The molecule has 0 bridgehead atoms. The van der Waals surface area contributed by atoms with Gasteiger partial charge in [0, 0.05) is 12.6 Å². The number of aryl methyl sites for hydroxylation is 1. The van der Waals surface area contributed by atoms with Crippen LogP contribution in [-0.2, 0) is 14.3 Å². The van der Waals surface area contributed by atoms with E-state index in [2.05, 4.69) is 0 Å². The highest BCUT2D eigenvalue weighted by atomic mass is 16.5. The summed E-state index contributed by atoms with van der Waals surface area (Å²) >= 11 is 0. The number of rotatable bonds is 3. The lowest BCUT2D eigenvalue weighted by Gasteiger charge is -2.31. The van der Waals surface area contributed by atoms with Crippen LogP contribution in [0, 0.1) is 6.92 Å². The van der Waals surface area contributed by atoms with Crippen molar-refractivity contribution in [1.29, 1.82) is 0 Å². The van der Waals surface area contributed by atoms with Gasteiger partial charge in [0.25, 0.3) is 0 Å². The molecule has 1 amide bonds. The van der Waals surface area contributed by atoms with E-state index in [1.807, 2.05) is 31.2 Å². The number of hydrogen-bond acceptors (Lipinski definition) is 3. The van der Waals surface area contributed by atoms with Crippen molar-refractivity contribution in [2.75, 3.05) is 19.8 Å². The van der Waals surface area contributed by atoms with Crippen LogP contribution in [0.25, 0.3) is 6.08 Å². The zero-order valence-corrected chi connectivity index (χ0v) is 11.3. The number of carboxylic acids is 1. The number of benzene rings is 1. The molecule has 2 rings (SSSR count). The third kappa shape index (κ3) is 3.45. The molecule has 1 aliphatic rings. The lowest BCUT2D eigenvalue weighted by atomic mass is 10.1. The van der Waals surface area contributed by atoms with Gasteiger partial charge in [-0.1, -0.05) is 29.8 Å². The highest BCUT2D eigenvalue weighted by molar-refractivity contribution is 5.94. The minimum absolute atomic E-state index is 0.0411. The highest BCUT2D eigenvalue weighted by Gasteiger charge is 2.31. The average Bonchev–Trinajstić information content (AvgIpc) is 2.46. The van der Waals surface area contributed by atoms with Crippen molar-refractivity contribution < 1.29 is 19.4 Å². The minimum atomic E-state index is -1.04. The first-order valence-electron chi connectivity index (χ1n) is 6.44. The lowest BCUT2D eigenvalue weighted by molar-refractivity contribution is -0.156. The van der Waals surface area contributed by atoms with Crippen molar-refractivity contribution in [3.8, 4) is 0 Å². The normalized spacial score (nSPS) is 19.2. The van der Waals surface area contributed by atoms with Crippen molar-refractivity contribution >= 4 is 18.0 Å². The summed E-state index contributed by atoms with van der Waals surface area (Å²) in [7, 11) is 0. The number of morpholine rings is 1. The van der Waals surface area contributed by atoms with Crippen LogP contribution in [-0.4, -0.2) is 47.7 Å². The molecule has 0 aromatic heterocycles. The van der Waals surface area contributed by atoms with Crippen molar-refractivity contribution in [1.82, 2.24) is 4.90 Å². The minimum Gasteiger partial charge on any atom is -0.480 e. The van der Waals surface area contributed by atoms with Crippen LogP contribution in [0.4, 0.5) is 0 Å². The standard InChI is InChI=1S/C15H17NO4/c1-11-2-4-12(5-3-11)6-7-14(17)16-8-9-20-10-13(16)15(18)19/h2-7,13H,8-10H2,1H3,(H,18,19)/b7-6+. The van der Waals surface area contributed by atoms with Gasteiger partial charge in [-0.2, -0.15) is 0 Å². The maximum atomic E-state index is 12.1. The molecular weight excluding hydrogens is 258 g/mol. The zero-order chi connectivity index (χ0) is 14.5. The monoisotopic (exact) mass is 275 g/mol. The van der Waals surface area contributed by atoms with E-state index in [0.29, 0.717) is 13.2 Å². The third-order valence-corrected chi connectivity index (χ3v) is 3.19.